The van der Waals surface area contributed by atoms with Crippen molar-refractivity contribution in [3.05, 3.63) is 83.9 Å². The van der Waals surface area contributed by atoms with E-state index in [4.69, 9.17) is 23.7 Å². The number of carbonyl (C=O) groups excluding carboxylic acids is 2. The van der Waals surface area contributed by atoms with Crippen LogP contribution in [0.3, 0.4) is 0 Å². The number of hydrogen-bond donors (Lipinski definition) is 1. The van der Waals surface area contributed by atoms with Crippen LogP contribution >= 0.6 is 0 Å². The molecule has 8 heteroatoms. The Morgan fingerprint density at radius 1 is 0.861 bits per heavy atom. The Balaban J connectivity index is 0.000000325. The number of ketones is 1. The van der Waals surface area contributed by atoms with Gasteiger partial charge in [0, 0.05) is 18.1 Å². The highest BCUT2D eigenvalue weighted by molar-refractivity contribution is 6.08. The summed E-state index contributed by atoms with van der Waals surface area (Å²) in [4.78, 5) is 25.8. The lowest BCUT2D eigenvalue weighted by molar-refractivity contribution is -0.152. The largest absolute Gasteiger partial charge is 0.497 e. The summed E-state index contributed by atoms with van der Waals surface area (Å²) < 4.78 is 26.5. The number of carbonyl (C=O) groups is 2. The molecule has 2 aliphatic rings. The summed E-state index contributed by atoms with van der Waals surface area (Å²) in [6.07, 6.45) is -0.998. The molecule has 0 amide bonds. The first-order valence-electron chi connectivity index (χ1n) is 11.3. The number of para-hydroxylation sites is 1. The summed E-state index contributed by atoms with van der Waals surface area (Å²) in [5.41, 5.74) is -1.13. The van der Waals surface area contributed by atoms with Gasteiger partial charge in [0.2, 0.25) is 0 Å². The highest BCUT2D eigenvalue weighted by Crippen LogP contribution is 2.59. The van der Waals surface area contributed by atoms with Gasteiger partial charge >= 0.3 is 5.97 Å². The van der Waals surface area contributed by atoms with Crippen LogP contribution in [-0.4, -0.2) is 51.4 Å². The van der Waals surface area contributed by atoms with Gasteiger partial charge in [-0.05, 0) is 17.7 Å². The predicted molar refractivity (Wildman–Crippen MR) is 131 cm³/mol. The van der Waals surface area contributed by atoms with Crippen LogP contribution in [-0.2, 0) is 19.9 Å². The highest BCUT2D eigenvalue weighted by Gasteiger charge is 2.69. The minimum absolute atomic E-state index is 0.207. The number of ether oxygens (including phenoxy) is 5. The van der Waals surface area contributed by atoms with Gasteiger partial charge in [0.1, 0.15) is 35.0 Å². The number of methoxy groups -OCH3 is 4. The third kappa shape index (κ3) is 4.13. The van der Waals surface area contributed by atoms with Crippen molar-refractivity contribution < 1.29 is 38.4 Å². The summed E-state index contributed by atoms with van der Waals surface area (Å²) in [7, 11) is 5.81. The first-order chi connectivity index (χ1) is 17.4. The minimum Gasteiger partial charge on any atom is -0.497 e. The Bertz CT molecular complexity index is 1230. The number of rotatable bonds is 5. The van der Waals surface area contributed by atoms with Gasteiger partial charge in [-0.3, -0.25) is 9.59 Å². The standard InChI is InChI=1S/C21H20O7.C7H8O/c1-25-12-9-13(26-2)17-14(10-12)28-19-15(11-7-5-4-6-8-11)16(20(23)27-3)18(22)21(17,19)24;1-8-7-5-3-2-4-6-7/h4-10,15-16,19,24H,1-3H3;2-6H,1H3/t15-,16?,19?,21+;/m0./s1. The Morgan fingerprint density at radius 2 is 1.47 bits per heavy atom. The van der Waals surface area contributed by atoms with Crippen molar-refractivity contribution in [2.45, 2.75) is 17.6 Å². The molecule has 1 aliphatic carbocycles. The first kappa shape index (κ1) is 25.1. The molecule has 1 saturated carbocycles. The van der Waals surface area contributed by atoms with Gasteiger partial charge in [0.25, 0.3) is 0 Å². The van der Waals surface area contributed by atoms with Gasteiger partial charge in [-0.15, -0.1) is 0 Å². The third-order valence-corrected chi connectivity index (χ3v) is 6.50. The van der Waals surface area contributed by atoms with E-state index in [0.29, 0.717) is 17.1 Å². The zero-order chi connectivity index (χ0) is 25.9. The summed E-state index contributed by atoms with van der Waals surface area (Å²) in [6.45, 7) is 0. The van der Waals surface area contributed by atoms with Crippen LogP contribution in [0.4, 0.5) is 0 Å². The van der Waals surface area contributed by atoms with Crippen molar-refractivity contribution in [2.24, 2.45) is 5.92 Å². The molecule has 188 valence electrons. The van der Waals surface area contributed by atoms with Crippen molar-refractivity contribution in [2.75, 3.05) is 28.4 Å². The monoisotopic (exact) mass is 492 g/mol. The highest BCUT2D eigenvalue weighted by atomic mass is 16.5. The lowest BCUT2D eigenvalue weighted by atomic mass is 9.86. The molecule has 8 nitrogen and oxygen atoms in total. The van der Waals surface area contributed by atoms with E-state index < -0.39 is 35.3 Å². The van der Waals surface area contributed by atoms with Crippen LogP contribution in [0.2, 0.25) is 0 Å². The predicted octanol–water partition coefficient (Wildman–Crippen LogP) is 3.50. The van der Waals surface area contributed by atoms with Gasteiger partial charge in [0.05, 0.1) is 34.0 Å². The molecule has 0 radical (unpaired) electrons. The smallest absolute Gasteiger partial charge is 0.317 e. The number of Topliss-reactive ketones (excluding diaryl/α,β-unsaturated/α-hetero) is 1. The maximum absolute atomic E-state index is 13.4. The van der Waals surface area contributed by atoms with Crippen LogP contribution in [0, 0.1) is 5.92 Å². The molecule has 0 saturated heterocycles. The molecule has 2 unspecified atom stereocenters. The van der Waals surface area contributed by atoms with Crippen LogP contribution in [0.15, 0.2) is 72.8 Å². The van der Waals surface area contributed by atoms with Gasteiger partial charge in [-0.2, -0.15) is 0 Å². The van der Waals surface area contributed by atoms with Crippen LogP contribution in [0.5, 0.6) is 23.0 Å². The fourth-order valence-electron chi connectivity index (χ4n) is 4.83. The quantitative estimate of drug-likeness (QED) is 0.427. The lowest BCUT2D eigenvalue weighted by Crippen LogP contribution is -2.40. The van der Waals surface area contributed by atoms with E-state index in [9.17, 15) is 14.7 Å². The number of hydrogen-bond acceptors (Lipinski definition) is 8. The van der Waals surface area contributed by atoms with Crippen LogP contribution < -0.4 is 18.9 Å². The summed E-state index contributed by atoms with van der Waals surface area (Å²) in [6, 6.07) is 21.9. The molecule has 1 heterocycles. The maximum atomic E-state index is 13.4. The Labute approximate surface area is 209 Å². The molecule has 5 rings (SSSR count). The molecule has 1 aliphatic heterocycles. The second kappa shape index (κ2) is 10.3. The Morgan fingerprint density at radius 3 is 2.00 bits per heavy atom. The number of fused-ring (bicyclic) bond motifs is 3. The molecule has 1 N–H and O–H groups in total. The SMILES string of the molecule is COC(=O)C1C(=O)[C@]2(O)c3c(OC)cc(OC)cc3OC2[C@H]1c1ccccc1.COc1ccccc1. The van der Waals surface area contributed by atoms with Crippen molar-refractivity contribution >= 4 is 11.8 Å². The fourth-order valence-corrected chi connectivity index (χ4v) is 4.83. The molecule has 36 heavy (non-hydrogen) atoms. The fraction of sp³-hybridized carbons (Fsp3) is 0.286. The van der Waals surface area contributed by atoms with Crippen LogP contribution in [0.1, 0.15) is 17.0 Å². The van der Waals surface area contributed by atoms with Crippen molar-refractivity contribution in [3.63, 3.8) is 0 Å². The number of benzene rings is 3. The van der Waals surface area contributed by atoms with Crippen molar-refractivity contribution in [1.29, 1.82) is 0 Å². The normalized spacial score (nSPS) is 23.4. The van der Waals surface area contributed by atoms with Crippen LogP contribution in [0.25, 0.3) is 0 Å². The maximum Gasteiger partial charge on any atom is 0.317 e. The molecule has 4 atom stereocenters. The van der Waals surface area contributed by atoms with Crippen molar-refractivity contribution in [1.82, 2.24) is 0 Å². The van der Waals surface area contributed by atoms with E-state index in [1.54, 1.807) is 43.5 Å². The summed E-state index contributed by atoms with van der Waals surface area (Å²) in [5.74, 6) is -1.36. The molecule has 3 aromatic carbocycles. The first-order valence-corrected chi connectivity index (χ1v) is 11.3. The topological polar surface area (TPSA) is 101 Å². The van der Waals surface area contributed by atoms with Gasteiger partial charge in [-0.1, -0.05) is 48.5 Å². The Kier molecular flexibility index (Phi) is 7.17. The zero-order valence-electron chi connectivity index (χ0n) is 20.5. The van der Waals surface area contributed by atoms with Gasteiger partial charge < -0.3 is 28.8 Å². The summed E-state index contributed by atoms with van der Waals surface area (Å²) >= 11 is 0. The minimum atomic E-state index is -2.04. The molecular weight excluding hydrogens is 464 g/mol. The molecule has 0 aromatic heterocycles. The van der Waals surface area contributed by atoms with E-state index in [-0.39, 0.29) is 11.3 Å². The summed E-state index contributed by atoms with van der Waals surface area (Å²) in [5, 5.41) is 11.6. The molecular formula is C28H28O8. The molecule has 3 aromatic rings. The van der Waals surface area contributed by atoms with Crippen molar-refractivity contribution in [3.8, 4) is 23.0 Å². The zero-order valence-corrected chi connectivity index (χ0v) is 20.5. The second-order valence-electron chi connectivity index (χ2n) is 8.33. The second-order valence-corrected chi connectivity index (χ2v) is 8.33. The lowest BCUT2D eigenvalue weighted by Gasteiger charge is -2.24. The molecule has 1 fully saturated rings. The van der Waals surface area contributed by atoms with Gasteiger partial charge in [-0.25, -0.2) is 0 Å². The molecule has 0 bridgehead atoms. The molecule has 0 spiro atoms. The average Bonchev–Trinajstić information content (AvgIpc) is 3.35. The average molecular weight is 493 g/mol. The number of esters is 1. The van der Waals surface area contributed by atoms with E-state index in [1.807, 2.05) is 36.4 Å². The van der Waals surface area contributed by atoms with E-state index in [0.717, 1.165) is 5.75 Å². The van der Waals surface area contributed by atoms with Gasteiger partial charge in [0.15, 0.2) is 11.4 Å². The van der Waals surface area contributed by atoms with E-state index in [2.05, 4.69) is 0 Å². The Hall–Kier alpha value is -4.04. The third-order valence-electron chi connectivity index (χ3n) is 6.50. The van der Waals surface area contributed by atoms with E-state index >= 15 is 0 Å². The van der Waals surface area contributed by atoms with E-state index in [1.165, 1.54) is 21.3 Å². The number of aliphatic hydroxyl groups is 1.